The van der Waals surface area contributed by atoms with Crippen LogP contribution < -0.4 is 5.32 Å². The van der Waals surface area contributed by atoms with Gasteiger partial charge in [0.15, 0.2) is 9.84 Å². The molecule has 1 amide bonds. The number of nitrogens with zero attached hydrogens (tertiary/aromatic N) is 2. The van der Waals surface area contributed by atoms with Gasteiger partial charge >= 0.3 is 0 Å². The van der Waals surface area contributed by atoms with Gasteiger partial charge in [0.1, 0.15) is 5.82 Å². The lowest BCUT2D eigenvalue weighted by Crippen LogP contribution is -2.17. The van der Waals surface area contributed by atoms with E-state index in [1.165, 1.54) is 0 Å². The van der Waals surface area contributed by atoms with Crippen LogP contribution in [0.4, 0.5) is 5.82 Å². The average molecular weight is 410 g/mol. The number of aromatic nitrogens is 2. The Morgan fingerprint density at radius 3 is 2.48 bits per heavy atom. The summed E-state index contributed by atoms with van der Waals surface area (Å²) >= 11 is 0. The van der Waals surface area contributed by atoms with Gasteiger partial charge in [-0.1, -0.05) is 18.2 Å². The van der Waals surface area contributed by atoms with Crippen LogP contribution in [0.5, 0.6) is 0 Å². The smallest absolute Gasteiger partial charge is 0.256 e. The van der Waals surface area contributed by atoms with Gasteiger partial charge in [-0.25, -0.2) is 13.1 Å². The highest BCUT2D eigenvalue weighted by Crippen LogP contribution is 2.34. The highest BCUT2D eigenvalue weighted by atomic mass is 32.2. The van der Waals surface area contributed by atoms with Gasteiger partial charge < -0.3 is 5.32 Å². The molecule has 1 N–H and O–H groups in total. The van der Waals surface area contributed by atoms with Crippen molar-refractivity contribution in [3.63, 3.8) is 0 Å². The van der Waals surface area contributed by atoms with E-state index in [4.69, 9.17) is 0 Å². The highest BCUT2D eigenvalue weighted by molar-refractivity contribution is 7.90. The molecule has 0 fully saturated rings. The average Bonchev–Trinajstić information content (AvgIpc) is 3.12. The third kappa shape index (κ3) is 3.46. The van der Waals surface area contributed by atoms with Crippen LogP contribution in [0.3, 0.4) is 0 Å². The van der Waals surface area contributed by atoms with Gasteiger partial charge in [0.25, 0.3) is 5.91 Å². The lowest BCUT2D eigenvalue weighted by Gasteiger charge is -2.14. The van der Waals surface area contributed by atoms with Crippen LogP contribution in [0.15, 0.2) is 36.4 Å². The van der Waals surface area contributed by atoms with Crippen molar-refractivity contribution >= 4 is 21.6 Å². The second-order valence-electron chi connectivity index (χ2n) is 7.69. The molecule has 150 valence electrons. The minimum atomic E-state index is -3.24. The Balaban J connectivity index is 1.82. The van der Waals surface area contributed by atoms with E-state index < -0.39 is 9.84 Å². The van der Waals surface area contributed by atoms with Crippen LogP contribution in [0.25, 0.3) is 5.69 Å². The molecule has 3 aromatic rings. The predicted molar refractivity (Wildman–Crippen MR) is 113 cm³/mol. The number of sulfone groups is 1. The summed E-state index contributed by atoms with van der Waals surface area (Å²) < 4.78 is 26.0. The standard InChI is InChI=1S/C22H23N3O3S/c1-13-8-9-17(10-15(13)3)22(26)23-21-18-11-29(27,28)12-19(18)24-25(21)20-7-5-6-14(2)16(20)4/h5-10H,11-12H2,1-4H3,(H,23,26). The van der Waals surface area contributed by atoms with E-state index in [0.29, 0.717) is 22.6 Å². The molecule has 6 nitrogen and oxygen atoms in total. The Labute approximate surface area is 170 Å². The molecule has 29 heavy (non-hydrogen) atoms. The second-order valence-corrected chi connectivity index (χ2v) is 9.75. The minimum absolute atomic E-state index is 0.104. The van der Waals surface area contributed by atoms with E-state index in [2.05, 4.69) is 10.4 Å². The van der Waals surface area contributed by atoms with E-state index in [1.54, 1.807) is 10.7 Å². The maximum Gasteiger partial charge on any atom is 0.256 e. The Morgan fingerprint density at radius 1 is 1.00 bits per heavy atom. The van der Waals surface area contributed by atoms with Crippen molar-refractivity contribution in [1.29, 1.82) is 0 Å². The van der Waals surface area contributed by atoms with Crippen LogP contribution >= 0.6 is 0 Å². The topological polar surface area (TPSA) is 81.1 Å². The third-order valence-corrected chi connectivity index (χ3v) is 7.03. The van der Waals surface area contributed by atoms with Crippen LogP contribution in [0.2, 0.25) is 0 Å². The van der Waals surface area contributed by atoms with E-state index in [0.717, 1.165) is 27.9 Å². The normalized spacial score (nSPS) is 14.6. The molecule has 1 aliphatic rings. The molecule has 0 unspecified atom stereocenters. The molecule has 0 radical (unpaired) electrons. The van der Waals surface area contributed by atoms with Gasteiger partial charge in [-0.05, 0) is 68.1 Å². The first-order valence-electron chi connectivity index (χ1n) is 9.42. The zero-order chi connectivity index (χ0) is 20.9. The SMILES string of the molecule is Cc1ccc(C(=O)Nc2c3c(nn2-c2cccc(C)c2C)CS(=O)(=O)C3)cc1C. The molecular formula is C22H23N3O3S. The maximum atomic E-state index is 13.0. The van der Waals surface area contributed by atoms with E-state index in [-0.39, 0.29) is 17.4 Å². The molecule has 1 aromatic heterocycles. The molecule has 0 atom stereocenters. The zero-order valence-electron chi connectivity index (χ0n) is 16.9. The second kappa shape index (κ2) is 6.84. The molecule has 4 rings (SSSR count). The van der Waals surface area contributed by atoms with Crippen molar-refractivity contribution in [2.45, 2.75) is 39.2 Å². The summed E-state index contributed by atoms with van der Waals surface area (Å²) in [6.45, 7) is 7.94. The number of fused-ring (bicyclic) bond motifs is 1. The van der Waals surface area contributed by atoms with Gasteiger partial charge in [-0.15, -0.1) is 0 Å². The van der Waals surface area contributed by atoms with Gasteiger partial charge in [0.2, 0.25) is 0 Å². The number of rotatable bonds is 3. The lowest BCUT2D eigenvalue weighted by molar-refractivity contribution is 0.102. The Hall–Kier alpha value is -2.93. The van der Waals surface area contributed by atoms with Crippen molar-refractivity contribution in [3.05, 3.63) is 75.5 Å². The van der Waals surface area contributed by atoms with Gasteiger partial charge in [-0.3, -0.25) is 4.79 Å². The summed E-state index contributed by atoms with van der Waals surface area (Å²) in [5.74, 6) is -0.0766. The van der Waals surface area contributed by atoms with Crippen LogP contribution in [-0.2, 0) is 21.3 Å². The number of anilines is 1. The van der Waals surface area contributed by atoms with E-state index in [9.17, 15) is 13.2 Å². The fraction of sp³-hybridized carbons (Fsp3) is 0.273. The fourth-order valence-electron chi connectivity index (χ4n) is 3.57. The summed E-state index contributed by atoms with van der Waals surface area (Å²) in [5, 5.41) is 7.49. The molecule has 7 heteroatoms. The van der Waals surface area contributed by atoms with Crippen molar-refractivity contribution in [1.82, 2.24) is 9.78 Å². The Kier molecular flexibility index (Phi) is 4.58. The number of carbonyl (C=O) groups is 1. The lowest BCUT2D eigenvalue weighted by atomic mass is 10.1. The zero-order valence-corrected chi connectivity index (χ0v) is 17.7. The largest absolute Gasteiger partial charge is 0.306 e. The molecule has 0 saturated carbocycles. The molecular weight excluding hydrogens is 386 g/mol. The van der Waals surface area contributed by atoms with Gasteiger partial charge in [0.05, 0.1) is 22.9 Å². The first-order valence-corrected chi connectivity index (χ1v) is 11.2. The molecule has 2 aromatic carbocycles. The molecule has 0 aliphatic carbocycles. The van der Waals surface area contributed by atoms with Crippen LogP contribution in [0.1, 0.15) is 43.9 Å². The number of hydrogen-bond donors (Lipinski definition) is 1. The number of carbonyl (C=O) groups excluding carboxylic acids is 1. The van der Waals surface area contributed by atoms with Crippen LogP contribution in [-0.4, -0.2) is 24.1 Å². The summed E-state index contributed by atoms with van der Waals surface area (Å²) in [7, 11) is -3.24. The number of hydrogen-bond acceptors (Lipinski definition) is 4. The quantitative estimate of drug-likeness (QED) is 0.714. The maximum absolute atomic E-state index is 13.0. The predicted octanol–water partition coefficient (Wildman–Crippen LogP) is 3.79. The van der Waals surface area contributed by atoms with Crippen molar-refractivity contribution in [3.8, 4) is 5.69 Å². The number of aryl methyl sites for hydroxylation is 3. The summed E-state index contributed by atoms with van der Waals surface area (Å²) in [5.41, 5.74) is 6.67. The first kappa shape index (κ1) is 19.4. The third-order valence-electron chi connectivity index (χ3n) is 5.59. The Bertz CT molecular complexity index is 1260. The summed E-state index contributed by atoms with van der Waals surface area (Å²) in [4.78, 5) is 13.0. The van der Waals surface area contributed by atoms with E-state index in [1.807, 2.05) is 58.0 Å². The first-order chi connectivity index (χ1) is 13.7. The molecule has 0 saturated heterocycles. The summed E-state index contributed by atoms with van der Waals surface area (Å²) in [6, 6.07) is 11.4. The molecule has 2 heterocycles. The van der Waals surface area contributed by atoms with E-state index >= 15 is 0 Å². The Morgan fingerprint density at radius 2 is 1.76 bits per heavy atom. The van der Waals surface area contributed by atoms with Crippen molar-refractivity contribution < 1.29 is 13.2 Å². The molecule has 1 aliphatic heterocycles. The van der Waals surface area contributed by atoms with Crippen molar-refractivity contribution in [2.75, 3.05) is 5.32 Å². The number of amides is 1. The number of benzene rings is 2. The number of nitrogens with one attached hydrogen (secondary N) is 1. The van der Waals surface area contributed by atoms with Crippen molar-refractivity contribution in [2.24, 2.45) is 0 Å². The monoisotopic (exact) mass is 409 g/mol. The van der Waals surface area contributed by atoms with Gasteiger partial charge in [-0.2, -0.15) is 5.10 Å². The van der Waals surface area contributed by atoms with Crippen LogP contribution in [0, 0.1) is 27.7 Å². The molecule has 0 spiro atoms. The highest BCUT2D eigenvalue weighted by Gasteiger charge is 2.33. The van der Waals surface area contributed by atoms with Gasteiger partial charge in [0, 0.05) is 11.1 Å². The minimum Gasteiger partial charge on any atom is -0.306 e. The fourth-order valence-corrected chi connectivity index (χ4v) is 5.07. The summed E-state index contributed by atoms with van der Waals surface area (Å²) in [6.07, 6.45) is 0. The molecule has 0 bridgehead atoms.